The number of carbonyl (C=O) groups excluding carboxylic acids is 3. The summed E-state index contributed by atoms with van der Waals surface area (Å²) >= 11 is 0. The van der Waals surface area contributed by atoms with Crippen molar-refractivity contribution in [2.75, 3.05) is 13.1 Å². The average Bonchev–Trinajstić information content (AvgIpc) is 2.94. The molecule has 0 aromatic heterocycles. The Kier molecular flexibility index (Phi) is 5.57. The Hall–Kier alpha value is -1.39. The molecule has 0 radical (unpaired) electrons. The predicted octanol–water partition coefficient (Wildman–Crippen LogP) is 2.29. The van der Waals surface area contributed by atoms with Gasteiger partial charge in [-0.1, -0.05) is 26.2 Å². The monoisotopic (exact) mass is 334 g/mol. The molecule has 24 heavy (non-hydrogen) atoms. The Morgan fingerprint density at radius 3 is 2.54 bits per heavy atom. The van der Waals surface area contributed by atoms with Crippen LogP contribution >= 0.6 is 0 Å². The third-order valence-corrected chi connectivity index (χ3v) is 6.04. The number of nitrogens with one attached hydrogen (secondary N) is 1. The van der Waals surface area contributed by atoms with Gasteiger partial charge in [-0.2, -0.15) is 0 Å². The minimum atomic E-state index is 0.0225. The number of likely N-dealkylation sites (tertiary alicyclic amines) is 1. The summed E-state index contributed by atoms with van der Waals surface area (Å²) in [5.74, 6) is 1.64. The van der Waals surface area contributed by atoms with Gasteiger partial charge in [0.1, 0.15) is 5.78 Å². The molecule has 1 saturated heterocycles. The molecule has 1 aliphatic heterocycles. The Labute approximate surface area is 144 Å². The van der Waals surface area contributed by atoms with Gasteiger partial charge in [0.05, 0.1) is 0 Å². The van der Waals surface area contributed by atoms with Gasteiger partial charge in [0.25, 0.3) is 0 Å². The Morgan fingerprint density at radius 1 is 1.17 bits per heavy atom. The molecule has 3 aliphatic rings. The molecule has 0 bridgehead atoms. The van der Waals surface area contributed by atoms with E-state index in [2.05, 4.69) is 12.2 Å². The molecule has 2 atom stereocenters. The van der Waals surface area contributed by atoms with E-state index in [1.807, 2.05) is 4.90 Å². The molecule has 2 saturated carbocycles. The van der Waals surface area contributed by atoms with Crippen LogP contribution in [0, 0.1) is 17.8 Å². The number of Topliss-reactive ketones (excluding diaryl/α,β-unsaturated/α-hetero) is 1. The van der Waals surface area contributed by atoms with Crippen molar-refractivity contribution in [3.63, 3.8) is 0 Å². The number of hydrogen-bond donors (Lipinski definition) is 1. The number of carbonyl (C=O) groups is 3. The van der Waals surface area contributed by atoms with Crippen LogP contribution in [-0.2, 0) is 14.4 Å². The molecule has 0 aromatic carbocycles. The molecule has 3 rings (SSSR count). The lowest BCUT2D eigenvalue weighted by Crippen LogP contribution is -2.45. The standard InChI is InChI=1S/C19H30N2O3/c1-13(8-14-4-2-5-14)19(24)21-7-3-6-16(21)12-20-18(23)11-15-9-17(22)10-15/h13-16H,2-12H2,1H3,(H,20,23). The number of hydrogen-bond acceptors (Lipinski definition) is 3. The van der Waals surface area contributed by atoms with Crippen molar-refractivity contribution in [2.24, 2.45) is 17.8 Å². The molecule has 134 valence electrons. The largest absolute Gasteiger partial charge is 0.354 e. The van der Waals surface area contributed by atoms with Gasteiger partial charge in [0.2, 0.25) is 11.8 Å². The fourth-order valence-corrected chi connectivity index (χ4v) is 4.24. The van der Waals surface area contributed by atoms with Crippen LogP contribution in [0.25, 0.3) is 0 Å². The zero-order valence-electron chi connectivity index (χ0n) is 14.8. The van der Waals surface area contributed by atoms with E-state index in [-0.39, 0.29) is 35.5 Å². The minimum Gasteiger partial charge on any atom is -0.354 e. The van der Waals surface area contributed by atoms with E-state index < -0.39 is 0 Å². The van der Waals surface area contributed by atoms with E-state index >= 15 is 0 Å². The summed E-state index contributed by atoms with van der Waals surface area (Å²) in [5, 5.41) is 2.98. The van der Waals surface area contributed by atoms with Gasteiger partial charge < -0.3 is 10.2 Å². The molecule has 2 aliphatic carbocycles. The molecule has 2 amide bonds. The second-order valence-electron chi connectivity index (χ2n) is 8.08. The summed E-state index contributed by atoms with van der Waals surface area (Å²) in [7, 11) is 0. The first kappa shape index (κ1) is 17.4. The first-order valence-electron chi connectivity index (χ1n) is 9.61. The van der Waals surface area contributed by atoms with Crippen molar-refractivity contribution < 1.29 is 14.4 Å². The van der Waals surface area contributed by atoms with Crippen LogP contribution in [-0.4, -0.2) is 41.6 Å². The second-order valence-corrected chi connectivity index (χ2v) is 8.08. The lowest BCUT2D eigenvalue weighted by atomic mass is 9.79. The maximum absolute atomic E-state index is 12.7. The first-order chi connectivity index (χ1) is 11.5. The maximum atomic E-state index is 12.7. The van der Waals surface area contributed by atoms with Gasteiger partial charge in [0, 0.05) is 44.3 Å². The van der Waals surface area contributed by atoms with Crippen molar-refractivity contribution in [1.29, 1.82) is 0 Å². The number of ketones is 1. The van der Waals surface area contributed by atoms with Crippen molar-refractivity contribution in [3.05, 3.63) is 0 Å². The molecular formula is C19H30N2O3. The van der Waals surface area contributed by atoms with Gasteiger partial charge in [-0.05, 0) is 31.1 Å². The summed E-state index contributed by atoms with van der Waals surface area (Å²) in [6.07, 6.45) is 8.45. The third-order valence-electron chi connectivity index (χ3n) is 6.04. The molecule has 1 N–H and O–H groups in total. The van der Waals surface area contributed by atoms with Crippen LogP contribution in [0.1, 0.15) is 64.7 Å². The average molecular weight is 334 g/mol. The number of amides is 2. The Morgan fingerprint density at radius 2 is 1.92 bits per heavy atom. The van der Waals surface area contributed by atoms with Crippen LogP contribution in [0.15, 0.2) is 0 Å². The zero-order valence-corrected chi connectivity index (χ0v) is 14.8. The smallest absolute Gasteiger partial charge is 0.225 e. The van der Waals surface area contributed by atoms with E-state index in [0.717, 1.165) is 31.7 Å². The lowest BCUT2D eigenvalue weighted by molar-refractivity contribution is -0.137. The Balaban J connectivity index is 1.41. The summed E-state index contributed by atoms with van der Waals surface area (Å²) in [6, 6.07) is 0.147. The predicted molar refractivity (Wildman–Crippen MR) is 91.2 cm³/mol. The van der Waals surface area contributed by atoms with Crippen LogP contribution < -0.4 is 5.32 Å². The molecule has 1 heterocycles. The van der Waals surface area contributed by atoms with E-state index in [1.54, 1.807) is 0 Å². The van der Waals surface area contributed by atoms with E-state index in [0.29, 0.717) is 25.8 Å². The molecule has 5 nitrogen and oxygen atoms in total. The van der Waals surface area contributed by atoms with E-state index in [4.69, 9.17) is 0 Å². The molecule has 2 unspecified atom stereocenters. The molecule has 0 spiro atoms. The summed E-state index contributed by atoms with van der Waals surface area (Å²) in [4.78, 5) is 37.7. The van der Waals surface area contributed by atoms with Gasteiger partial charge in [-0.15, -0.1) is 0 Å². The van der Waals surface area contributed by atoms with E-state index in [1.165, 1.54) is 19.3 Å². The molecule has 3 fully saturated rings. The number of rotatable bonds is 7. The molecule has 0 aromatic rings. The van der Waals surface area contributed by atoms with Crippen molar-refractivity contribution >= 4 is 17.6 Å². The highest BCUT2D eigenvalue weighted by Crippen LogP contribution is 2.33. The lowest BCUT2D eigenvalue weighted by Gasteiger charge is -2.32. The zero-order chi connectivity index (χ0) is 17.1. The SMILES string of the molecule is CC(CC1CCC1)C(=O)N1CCCC1CNC(=O)CC1CC(=O)C1. The van der Waals surface area contributed by atoms with Crippen molar-refractivity contribution in [3.8, 4) is 0 Å². The van der Waals surface area contributed by atoms with Gasteiger partial charge in [-0.3, -0.25) is 14.4 Å². The maximum Gasteiger partial charge on any atom is 0.225 e. The van der Waals surface area contributed by atoms with Crippen LogP contribution in [0.4, 0.5) is 0 Å². The highest BCUT2D eigenvalue weighted by molar-refractivity contribution is 5.87. The normalized spacial score (nSPS) is 26.0. The summed E-state index contributed by atoms with van der Waals surface area (Å²) in [5.41, 5.74) is 0. The highest BCUT2D eigenvalue weighted by Gasteiger charge is 2.34. The second kappa shape index (κ2) is 7.66. The highest BCUT2D eigenvalue weighted by atomic mass is 16.2. The molecule has 5 heteroatoms. The van der Waals surface area contributed by atoms with Crippen molar-refractivity contribution in [2.45, 2.75) is 70.8 Å². The van der Waals surface area contributed by atoms with Gasteiger partial charge in [0.15, 0.2) is 0 Å². The van der Waals surface area contributed by atoms with Gasteiger partial charge in [-0.25, -0.2) is 0 Å². The van der Waals surface area contributed by atoms with Crippen LogP contribution in [0.2, 0.25) is 0 Å². The van der Waals surface area contributed by atoms with Gasteiger partial charge >= 0.3 is 0 Å². The topological polar surface area (TPSA) is 66.5 Å². The molecular weight excluding hydrogens is 304 g/mol. The summed E-state index contributed by atoms with van der Waals surface area (Å²) < 4.78 is 0. The van der Waals surface area contributed by atoms with Crippen molar-refractivity contribution in [1.82, 2.24) is 10.2 Å². The third kappa shape index (κ3) is 4.17. The minimum absolute atomic E-state index is 0.0225. The first-order valence-corrected chi connectivity index (χ1v) is 9.61. The quantitative estimate of drug-likeness (QED) is 0.777. The Bertz CT molecular complexity index is 493. The number of nitrogens with zero attached hydrogens (tertiary/aromatic N) is 1. The van der Waals surface area contributed by atoms with Crippen LogP contribution in [0.3, 0.4) is 0 Å². The van der Waals surface area contributed by atoms with E-state index in [9.17, 15) is 14.4 Å². The van der Waals surface area contributed by atoms with Crippen LogP contribution in [0.5, 0.6) is 0 Å². The summed E-state index contributed by atoms with van der Waals surface area (Å²) in [6.45, 7) is 3.44. The fraction of sp³-hybridized carbons (Fsp3) is 0.842. The fourth-order valence-electron chi connectivity index (χ4n) is 4.24.